The Labute approximate surface area is 113 Å². The van der Waals surface area contributed by atoms with Gasteiger partial charge in [0.2, 0.25) is 5.91 Å². The van der Waals surface area contributed by atoms with Crippen LogP contribution >= 0.6 is 23.4 Å². The molecule has 4 nitrogen and oxygen atoms in total. The number of nitrogen functional groups attached to an aromatic ring is 1. The molecule has 0 saturated carbocycles. The van der Waals surface area contributed by atoms with Crippen molar-refractivity contribution in [2.75, 3.05) is 5.73 Å². The topological polar surface area (TPSA) is 82.2 Å². The van der Waals surface area contributed by atoms with Gasteiger partial charge in [-0.3, -0.25) is 4.79 Å². The predicted molar refractivity (Wildman–Crippen MR) is 72.7 cm³/mol. The third-order valence-electron chi connectivity index (χ3n) is 2.27. The molecule has 0 bridgehead atoms. The first kappa shape index (κ1) is 12.9. The molecule has 0 aliphatic rings. The maximum Gasteiger partial charge on any atom is 0.249 e. The van der Waals surface area contributed by atoms with E-state index >= 15 is 0 Å². The summed E-state index contributed by atoms with van der Waals surface area (Å²) < 4.78 is 5.21. The van der Waals surface area contributed by atoms with Gasteiger partial charge in [-0.1, -0.05) is 11.6 Å². The normalized spacial score (nSPS) is 10.5. The fourth-order valence-corrected chi connectivity index (χ4v) is 2.84. The van der Waals surface area contributed by atoms with Crippen LogP contribution in [0.1, 0.15) is 16.1 Å². The highest BCUT2D eigenvalue weighted by molar-refractivity contribution is 7.98. The van der Waals surface area contributed by atoms with E-state index in [0.29, 0.717) is 26.9 Å². The van der Waals surface area contributed by atoms with E-state index in [1.54, 1.807) is 18.4 Å². The summed E-state index contributed by atoms with van der Waals surface area (Å²) in [5.74, 6) is 0.811. The summed E-state index contributed by atoms with van der Waals surface area (Å²) in [6, 6.07) is 6.77. The number of anilines is 1. The molecule has 0 fully saturated rings. The number of primary amides is 1. The fraction of sp³-hybridized carbons (Fsp3) is 0.0833. The van der Waals surface area contributed by atoms with E-state index in [-0.39, 0.29) is 0 Å². The minimum absolute atomic E-state index is 0.330. The molecule has 0 spiro atoms. The fourth-order valence-electron chi connectivity index (χ4n) is 1.48. The number of benzene rings is 1. The van der Waals surface area contributed by atoms with Gasteiger partial charge in [0.05, 0.1) is 22.6 Å². The SMILES string of the molecule is NC(=O)c1cc(N)cc(Cl)c1SCc1ccco1. The maximum atomic E-state index is 11.4. The standard InChI is InChI=1S/C12H11ClN2O2S/c13-10-5-7(14)4-9(12(15)16)11(10)18-6-8-2-1-3-17-8/h1-5H,6,14H2,(H2,15,16). The van der Waals surface area contributed by atoms with Gasteiger partial charge < -0.3 is 15.9 Å². The van der Waals surface area contributed by atoms with E-state index in [1.165, 1.54) is 17.8 Å². The van der Waals surface area contributed by atoms with Crippen molar-refractivity contribution in [3.8, 4) is 0 Å². The van der Waals surface area contributed by atoms with Crippen LogP contribution in [-0.4, -0.2) is 5.91 Å². The Morgan fingerprint density at radius 3 is 2.83 bits per heavy atom. The zero-order valence-corrected chi connectivity index (χ0v) is 10.9. The molecule has 2 aromatic rings. The third kappa shape index (κ3) is 2.80. The Morgan fingerprint density at radius 2 is 2.22 bits per heavy atom. The highest BCUT2D eigenvalue weighted by atomic mass is 35.5. The van der Waals surface area contributed by atoms with Crippen LogP contribution in [0.5, 0.6) is 0 Å². The van der Waals surface area contributed by atoms with Crippen LogP contribution in [0.2, 0.25) is 5.02 Å². The summed E-state index contributed by atoms with van der Waals surface area (Å²) in [4.78, 5) is 12.0. The summed E-state index contributed by atoms with van der Waals surface area (Å²) in [5, 5.41) is 0.417. The number of thioether (sulfide) groups is 1. The smallest absolute Gasteiger partial charge is 0.249 e. The van der Waals surface area contributed by atoms with E-state index in [4.69, 9.17) is 27.5 Å². The summed E-state index contributed by atoms with van der Waals surface area (Å²) in [5.41, 5.74) is 11.7. The van der Waals surface area contributed by atoms with Crippen molar-refractivity contribution < 1.29 is 9.21 Å². The van der Waals surface area contributed by atoms with Crippen molar-refractivity contribution in [2.45, 2.75) is 10.6 Å². The van der Waals surface area contributed by atoms with Crippen molar-refractivity contribution in [1.29, 1.82) is 0 Å². The average molecular weight is 283 g/mol. The van der Waals surface area contributed by atoms with Crippen molar-refractivity contribution in [1.82, 2.24) is 0 Å². The zero-order chi connectivity index (χ0) is 13.1. The number of furan rings is 1. The lowest BCUT2D eigenvalue weighted by molar-refractivity contribution is 0.0997. The molecule has 0 aliphatic heterocycles. The van der Waals surface area contributed by atoms with Gasteiger partial charge in [0.15, 0.2) is 0 Å². The van der Waals surface area contributed by atoms with Gasteiger partial charge in [-0.2, -0.15) is 0 Å². The van der Waals surface area contributed by atoms with Crippen LogP contribution in [0.3, 0.4) is 0 Å². The van der Waals surface area contributed by atoms with Crippen LogP contribution in [0.15, 0.2) is 39.8 Å². The number of amides is 1. The molecular weight excluding hydrogens is 272 g/mol. The number of carbonyl (C=O) groups is 1. The minimum Gasteiger partial charge on any atom is -0.468 e. The van der Waals surface area contributed by atoms with Crippen LogP contribution in [0, 0.1) is 0 Å². The van der Waals surface area contributed by atoms with Gasteiger partial charge in [0, 0.05) is 10.6 Å². The Balaban J connectivity index is 2.28. The van der Waals surface area contributed by atoms with E-state index in [0.717, 1.165) is 5.76 Å². The lowest BCUT2D eigenvalue weighted by atomic mass is 10.2. The molecule has 1 aromatic carbocycles. The van der Waals surface area contributed by atoms with Gasteiger partial charge in [-0.25, -0.2) is 0 Å². The molecule has 0 unspecified atom stereocenters. The number of carbonyl (C=O) groups excluding carboxylic acids is 1. The Bertz CT molecular complexity index is 570. The Morgan fingerprint density at radius 1 is 1.44 bits per heavy atom. The summed E-state index contributed by atoms with van der Waals surface area (Å²) >= 11 is 7.47. The number of hydrogen-bond acceptors (Lipinski definition) is 4. The van der Waals surface area contributed by atoms with Gasteiger partial charge >= 0.3 is 0 Å². The minimum atomic E-state index is -0.550. The summed E-state index contributed by atoms with van der Waals surface area (Å²) in [6.07, 6.45) is 1.59. The number of halogens is 1. The first-order chi connectivity index (χ1) is 8.58. The molecule has 4 N–H and O–H groups in total. The van der Waals surface area contributed by atoms with Gasteiger partial charge in [-0.05, 0) is 24.3 Å². The lowest BCUT2D eigenvalue weighted by Crippen LogP contribution is -2.13. The largest absolute Gasteiger partial charge is 0.468 e. The van der Waals surface area contributed by atoms with E-state index < -0.39 is 5.91 Å². The molecule has 0 saturated heterocycles. The molecule has 1 heterocycles. The van der Waals surface area contributed by atoms with Gasteiger partial charge in [0.1, 0.15) is 5.76 Å². The molecule has 2 rings (SSSR count). The zero-order valence-electron chi connectivity index (χ0n) is 9.35. The Hall–Kier alpha value is -1.59. The first-order valence-corrected chi connectivity index (χ1v) is 6.48. The molecule has 0 atom stereocenters. The second-order valence-electron chi connectivity index (χ2n) is 3.61. The highest BCUT2D eigenvalue weighted by Gasteiger charge is 2.14. The molecule has 94 valence electrons. The molecular formula is C12H11ClN2O2S. The van der Waals surface area contributed by atoms with Crippen molar-refractivity contribution in [3.63, 3.8) is 0 Å². The highest BCUT2D eigenvalue weighted by Crippen LogP contribution is 2.34. The lowest BCUT2D eigenvalue weighted by Gasteiger charge is -2.09. The average Bonchev–Trinajstić information content (AvgIpc) is 2.79. The van der Waals surface area contributed by atoms with Gasteiger partial charge in [-0.15, -0.1) is 11.8 Å². The van der Waals surface area contributed by atoms with Crippen LogP contribution < -0.4 is 11.5 Å². The number of hydrogen-bond donors (Lipinski definition) is 2. The second kappa shape index (κ2) is 5.37. The van der Waals surface area contributed by atoms with Crippen LogP contribution in [-0.2, 0) is 5.75 Å². The summed E-state index contributed by atoms with van der Waals surface area (Å²) in [7, 11) is 0. The molecule has 6 heteroatoms. The number of nitrogens with two attached hydrogens (primary N) is 2. The second-order valence-corrected chi connectivity index (χ2v) is 5.00. The van der Waals surface area contributed by atoms with Crippen molar-refractivity contribution in [3.05, 3.63) is 46.9 Å². The summed E-state index contributed by atoms with van der Waals surface area (Å²) in [6.45, 7) is 0. The van der Waals surface area contributed by atoms with Crippen LogP contribution in [0.25, 0.3) is 0 Å². The molecule has 1 aromatic heterocycles. The van der Waals surface area contributed by atoms with E-state index in [1.807, 2.05) is 6.07 Å². The van der Waals surface area contributed by atoms with E-state index in [9.17, 15) is 4.79 Å². The van der Waals surface area contributed by atoms with Gasteiger partial charge in [0.25, 0.3) is 0 Å². The first-order valence-electron chi connectivity index (χ1n) is 5.12. The van der Waals surface area contributed by atoms with Crippen molar-refractivity contribution >= 4 is 35.0 Å². The maximum absolute atomic E-state index is 11.4. The molecule has 1 amide bonds. The monoisotopic (exact) mass is 282 g/mol. The quantitative estimate of drug-likeness (QED) is 0.667. The predicted octanol–water partition coefficient (Wildman–Crippen LogP) is 2.91. The molecule has 18 heavy (non-hydrogen) atoms. The van der Waals surface area contributed by atoms with E-state index in [2.05, 4.69) is 0 Å². The Kier molecular flexibility index (Phi) is 3.84. The molecule has 0 radical (unpaired) electrons. The number of rotatable bonds is 4. The van der Waals surface area contributed by atoms with Crippen molar-refractivity contribution in [2.24, 2.45) is 5.73 Å². The van der Waals surface area contributed by atoms with Crippen LogP contribution in [0.4, 0.5) is 5.69 Å². The molecule has 0 aliphatic carbocycles. The third-order valence-corrected chi connectivity index (χ3v) is 3.84.